The third-order valence-electron chi connectivity index (χ3n) is 0.617. The van der Waals surface area contributed by atoms with E-state index in [1.165, 1.54) is 0 Å². The third-order valence-corrected chi connectivity index (χ3v) is 0.906. The Kier molecular flexibility index (Phi) is 3.66. The summed E-state index contributed by atoms with van der Waals surface area (Å²) in [7, 11) is 2.01. The Balaban J connectivity index is 2.95. The fourth-order valence-electron chi connectivity index (χ4n) is 0.503. The van der Waals surface area contributed by atoms with Gasteiger partial charge in [0.25, 0.3) is 0 Å². The molecule has 0 atom stereocenters. The van der Waals surface area contributed by atoms with Crippen molar-refractivity contribution < 1.29 is 0 Å². The van der Waals surface area contributed by atoms with Crippen molar-refractivity contribution in [2.75, 3.05) is 13.6 Å². The van der Waals surface area contributed by atoms with Crippen molar-refractivity contribution in [2.24, 2.45) is 5.92 Å². The normalized spacial score (nSPS) is 11.1. The van der Waals surface area contributed by atoms with Crippen molar-refractivity contribution in [2.45, 2.75) is 13.8 Å². The Bertz CT molecular complexity index is 37.3. The fourth-order valence-corrected chi connectivity index (χ4v) is 1.08. The summed E-state index contributed by atoms with van der Waals surface area (Å²) in [5.74, 6) is 0.754. The molecule has 0 bridgehead atoms. The minimum atomic E-state index is 0.754. The second kappa shape index (κ2) is 3.44. The first-order chi connectivity index (χ1) is 3.13. The van der Waals surface area contributed by atoms with Crippen LogP contribution < -0.4 is 0 Å². The molecule has 0 saturated heterocycles. The van der Waals surface area contributed by atoms with Crippen LogP contribution in [0.15, 0.2) is 0 Å². The lowest BCUT2D eigenvalue weighted by Gasteiger charge is -2.08. The molecule has 2 heteroatoms. The van der Waals surface area contributed by atoms with Crippen molar-refractivity contribution >= 4 is 16.1 Å². The molecule has 0 heterocycles. The average Bonchev–Trinajstić information content (AvgIpc) is 1.27. The van der Waals surface area contributed by atoms with E-state index in [-0.39, 0.29) is 0 Å². The summed E-state index contributed by atoms with van der Waals surface area (Å²) < 4.78 is 2.01. The average molecular weight is 166 g/mol. The van der Waals surface area contributed by atoms with Crippen LogP contribution in [0.3, 0.4) is 0 Å². The van der Waals surface area contributed by atoms with Gasteiger partial charge in [0.05, 0.1) is 0 Å². The highest BCUT2D eigenvalue weighted by Crippen LogP contribution is 1.98. The molecular formula is C5H12BrN. The van der Waals surface area contributed by atoms with E-state index >= 15 is 0 Å². The molecule has 44 valence electrons. The van der Waals surface area contributed by atoms with Gasteiger partial charge in [-0.15, -0.1) is 0 Å². The largest absolute Gasteiger partial charge is 0.245 e. The molecular weight excluding hydrogens is 154 g/mol. The van der Waals surface area contributed by atoms with Crippen LogP contribution in [0.1, 0.15) is 13.8 Å². The minimum absolute atomic E-state index is 0.754. The Morgan fingerprint density at radius 1 is 1.57 bits per heavy atom. The summed E-state index contributed by atoms with van der Waals surface area (Å²) in [6.45, 7) is 5.50. The summed E-state index contributed by atoms with van der Waals surface area (Å²) in [5, 5.41) is 0. The van der Waals surface area contributed by atoms with Gasteiger partial charge in [-0.3, -0.25) is 0 Å². The van der Waals surface area contributed by atoms with Gasteiger partial charge in [-0.2, -0.15) is 0 Å². The molecule has 0 N–H and O–H groups in total. The molecule has 0 amide bonds. The molecule has 0 aliphatic heterocycles. The first-order valence-electron chi connectivity index (χ1n) is 2.50. The van der Waals surface area contributed by atoms with Crippen LogP contribution >= 0.6 is 16.1 Å². The monoisotopic (exact) mass is 165 g/mol. The maximum atomic E-state index is 3.31. The predicted octanol–water partition coefficient (Wildman–Crippen LogP) is 1.88. The third kappa shape index (κ3) is 6.44. The molecule has 0 aromatic rings. The summed E-state index contributed by atoms with van der Waals surface area (Å²) in [5.41, 5.74) is 0. The second-order valence-corrected chi connectivity index (χ2v) is 3.39. The topological polar surface area (TPSA) is 3.24 Å². The molecule has 0 rings (SSSR count). The van der Waals surface area contributed by atoms with Crippen LogP contribution in [-0.2, 0) is 0 Å². The number of nitrogens with zero attached hydrogens (tertiary/aromatic N) is 1. The van der Waals surface area contributed by atoms with Crippen molar-refractivity contribution in [3.05, 3.63) is 0 Å². The van der Waals surface area contributed by atoms with Crippen LogP contribution in [0.25, 0.3) is 0 Å². The van der Waals surface area contributed by atoms with Gasteiger partial charge in [0.15, 0.2) is 0 Å². The van der Waals surface area contributed by atoms with Gasteiger partial charge in [-0.25, -0.2) is 3.93 Å². The highest BCUT2D eigenvalue weighted by atomic mass is 79.9. The van der Waals surface area contributed by atoms with Gasteiger partial charge in [0.1, 0.15) is 0 Å². The quantitative estimate of drug-likeness (QED) is 0.566. The zero-order valence-electron chi connectivity index (χ0n) is 5.11. The molecule has 0 saturated carbocycles. The van der Waals surface area contributed by atoms with Gasteiger partial charge in [-0.05, 0) is 13.0 Å². The number of hydrogen-bond acceptors (Lipinski definition) is 1. The van der Waals surface area contributed by atoms with E-state index in [9.17, 15) is 0 Å². The van der Waals surface area contributed by atoms with Gasteiger partial charge in [-0.1, -0.05) is 13.8 Å². The van der Waals surface area contributed by atoms with E-state index < -0.39 is 0 Å². The van der Waals surface area contributed by atoms with Gasteiger partial charge in [0, 0.05) is 22.7 Å². The zero-order chi connectivity index (χ0) is 5.86. The van der Waals surface area contributed by atoms with Gasteiger partial charge < -0.3 is 0 Å². The van der Waals surface area contributed by atoms with Crippen molar-refractivity contribution in [3.8, 4) is 0 Å². The molecule has 0 radical (unpaired) electrons. The molecule has 0 aromatic heterocycles. The maximum absolute atomic E-state index is 3.31. The lowest BCUT2D eigenvalue weighted by molar-refractivity contribution is 0.478. The van der Waals surface area contributed by atoms with Crippen LogP contribution in [0.5, 0.6) is 0 Å². The van der Waals surface area contributed by atoms with Crippen molar-refractivity contribution in [1.82, 2.24) is 3.93 Å². The van der Waals surface area contributed by atoms with Crippen LogP contribution in [0.4, 0.5) is 0 Å². The van der Waals surface area contributed by atoms with E-state index in [4.69, 9.17) is 0 Å². The van der Waals surface area contributed by atoms with E-state index in [1.54, 1.807) is 0 Å². The first-order valence-corrected chi connectivity index (χ1v) is 3.20. The molecule has 7 heavy (non-hydrogen) atoms. The maximum Gasteiger partial charge on any atom is 0.0117 e. The number of hydrogen-bond donors (Lipinski definition) is 0. The zero-order valence-corrected chi connectivity index (χ0v) is 6.70. The van der Waals surface area contributed by atoms with Gasteiger partial charge >= 0.3 is 0 Å². The first kappa shape index (κ1) is 7.44. The van der Waals surface area contributed by atoms with Crippen LogP contribution in [0, 0.1) is 5.92 Å². The predicted molar refractivity (Wildman–Crippen MR) is 36.4 cm³/mol. The number of rotatable bonds is 2. The summed E-state index contributed by atoms with van der Waals surface area (Å²) >= 11 is 3.31. The second-order valence-electron chi connectivity index (χ2n) is 2.18. The van der Waals surface area contributed by atoms with E-state index in [0.717, 1.165) is 12.5 Å². The van der Waals surface area contributed by atoms with E-state index in [1.807, 2.05) is 11.0 Å². The Morgan fingerprint density at radius 2 is 2.00 bits per heavy atom. The van der Waals surface area contributed by atoms with Crippen molar-refractivity contribution in [3.63, 3.8) is 0 Å². The Labute approximate surface area is 54.0 Å². The smallest absolute Gasteiger partial charge is 0.0117 e. The lowest BCUT2D eigenvalue weighted by atomic mass is 10.2. The van der Waals surface area contributed by atoms with E-state index in [2.05, 4.69) is 30.0 Å². The van der Waals surface area contributed by atoms with Crippen molar-refractivity contribution in [1.29, 1.82) is 0 Å². The Hall–Kier alpha value is 0.440. The molecule has 0 spiro atoms. The van der Waals surface area contributed by atoms with Gasteiger partial charge in [0.2, 0.25) is 0 Å². The Morgan fingerprint density at radius 3 is 2.00 bits per heavy atom. The highest BCUT2D eigenvalue weighted by Gasteiger charge is 1.93. The highest BCUT2D eigenvalue weighted by molar-refractivity contribution is 9.07. The summed E-state index contributed by atoms with van der Waals surface area (Å²) in [4.78, 5) is 0. The molecule has 0 aliphatic rings. The lowest BCUT2D eigenvalue weighted by Crippen LogP contribution is -2.11. The fraction of sp³-hybridized carbons (Fsp3) is 1.00. The number of halogens is 1. The van der Waals surface area contributed by atoms with Crippen LogP contribution in [0.2, 0.25) is 0 Å². The SMILES string of the molecule is CC(C)CN(C)Br. The van der Waals surface area contributed by atoms with E-state index in [0.29, 0.717) is 0 Å². The minimum Gasteiger partial charge on any atom is -0.245 e. The standard InChI is InChI=1S/C5H12BrN/c1-5(2)4-7(3)6/h5H,4H2,1-3H3. The molecule has 1 nitrogen and oxygen atoms in total. The molecule has 0 unspecified atom stereocenters. The molecule has 0 aromatic carbocycles. The van der Waals surface area contributed by atoms with Crippen LogP contribution in [-0.4, -0.2) is 17.5 Å². The summed E-state index contributed by atoms with van der Waals surface area (Å²) in [6, 6.07) is 0. The summed E-state index contributed by atoms with van der Waals surface area (Å²) in [6.07, 6.45) is 0. The molecule has 0 fully saturated rings. The molecule has 0 aliphatic carbocycles.